The molecule has 0 aliphatic heterocycles. The first-order valence-electron chi connectivity index (χ1n) is 8.67. The van der Waals surface area contributed by atoms with Crippen molar-refractivity contribution in [3.8, 4) is 5.75 Å². The van der Waals surface area contributed by atoms with Crippen molar-refractivity contribution in [2.45, 2.75) is 51.9 Å². The van der Waals surface area contributed by atoms with Crippen LogP contribution in [-0.2, 0) is 13.1 Å². The molecule has 0 atom stereocenters. The molecule has 1 aliphatic rings. The molecule has 6 heteroatoms. The van der Waals surface area contributed by atoms with Crippen molar-refractivity contribution in [2.24, 2.45) is 0 Å². The second-order valence-corrected chi connectivity index (χ2v) is 6.72. The van der Waals surface area contributed by atoms with Crippen molar-refractivity contribution >= 4 is 5.91 Å². The first-order chi connectivity index (χ1) is 12.0. The van der Waals surface area contributed by atoms with Crippen LogP contribution in [0.4, 0.5) is 0 Å². The number of nitrogens with one attached hydrogen (secondary N) is 1. The predicted octanol–water partition coefficient (Wildman–Crippen LogP) is 2.99. The van der Waals surface area contributed by atoms with E-state index in [-0.39, 0.29) is 5.91 Å². The number of methoxy groups -OCH3 is 1. The highest BCUT2D eigenvalue weighted by molar-refractivity contribution is 5.92. The number of carbonyl (C=O) groups excluding carboxylic acids is 1. The maximum Gasteiger partial charge on any atom is 0.273 e. The zero-order valence-electron chi connectivity index (χ0n) is 15.0. The smallest absolute Gasteiger partial charge is 0.273 e. The SMILES string of the molecule is COc1cccc(CN(Cc2nc(C(=O)NC3CC3)co2)C(C)C)c1. The Hall–Kier alpha value is -2.34. The van der Waals surface area contributed by atoms with Gasteiger partial charge in [-0.3, -0.25) is 9.69 Å². The quantitative estimate of drug-likeness (QED) is 0.798. The van der Waals surface area contributed by atoms with Crippen molar-refractivity contribution < 1.29 is 13.9 Å². The number of hydrogen-bond acceptors (Lipinski definition) is 5. The lowest BCUT2D eigenvalue weighted by Gasteiger charge is -2.25. The Morgan fingerprint density at radius 1 is 1.40 bits per heavy atom. The average molecular weight is 343 g/mol. The topological polar surface area (TPSA) is 67.6 Å². The highest BCUT2D eigenvalue weighted by atomic mass is 16.5. The Kier molecular flexibility index (Phi) is 5.38. The summed E-state index contributed by atoms with van der Waals surface area (Å²) in [6.45, 7) is 5.56. The lowest BCUT2D eigenvalue weighted by molar-refractivity contribution is 0.0946. The maximum atomic E-state index is 12.0. The first kappa shape index (κ1) is 17.5. The summed E-state index contributed by atoms with van der Waals surface area (Å²) in [7, 11) is 1.67. The van der Waals surface area contributed by atoms with Gasteiger partial charge in [0.05, 0.1) is 13.7 Å². The average Bonchev–Trinajstić information content (AvgIpc) is 3.29. The van der Waals surface area contributed by atoms with E-state index < -0.39 is 0 Å². The molecule has 0 spiro atoms. The van der Waals surface area contributed by atoms with E-state index in [4.69, 9.17) is 9.15 Å². The van der Waals surface area contributed by atoms with Gasteiger partial charge in [-0.1, -0.05) is 12.1 Å². The van der Waals surface area contributed by atoms with Crippen LogP contribution in [0.1, 0.15) is 48.6 Å². The number of oxazole rings is 1. The Bertz CT molecular complexity index is 722. The summed E-state index contributed by atoms with van der Waals surface area (Å²) in [5.41, 5.74) is 1.51. The predicted molar refractivity (Wildman–Crippen MR) is 94.4 cm³/mol. The van der Waals surface area contributed by atoms with Crippen molar-refractivity contribution in [3.63, 3.8) is 0 Å². The third kappa shape index (κ3) is 4.82. The van der Waals surface area contributed by atoms with E-state index in [9.17, 15) is 4.79 Å². The number of nitrogens with zero attached hydrogens (tertiary/aromatic N) is 2. The van der Waals surface area contributed by atoms with Gasteiger partial charge in [0, 0.05) is 18.6 Å². The van der Waals surface area contributed by atoms with E-state index in [0.717, 1.165) is 30.7 Å². The highest BCUT2D eigenvalue weighted by Gasteiger charge is 2.25. The number of benzene rings is 1. The van der Waals surface area contributed by atoms with Gasteiger partial charge < -0.3 is 14.5 Å². The van der Waals surface area contributed by atoms with Crippen molar-refractivity contribution in [1.29, 1.82) is 0 Å². The molecule has 0 bridgehead atoms. The van der Waals surface area contributed by atoms with Gasteiger partial charge in [-0.2, -0.15) is 0 Å². The summed E-state index contributed by atoms with van der Waals surface area (Å²) in [6.07, 6.45) is 3.55. The van der Waals surface area contributed by atoms with Gasteiger partial charge in [0.25, 0.3) is 5.91 Å². The summed E-state index contributed by atoms with van der Waals surface area (Å²) in [4.78, 5) is 18.6. The molecule has 6 nitrogen and oxygen atoms in total. The summed E-state index contributed by atoms with van der Waals surface area (Å²) in [6, 6.07) is 8.64. The second-order valence-electron chi connectivity index (χ2n) is 6.72. The zero-order valence-corrected chi connectivity index (χ0v) is 15.0. The van der Waals surface area contributed by atoms with E-state index in [0.29, 0.717) is 30.2 Å². The molecule has 1 saturated carbocycles. The van der Waals surface area contributed by atoms with Crippen molar-refractivity contribution in [2.75, 3.05) is 7.11 Å². The third-order valence-electron chi connectivity index (χ3n) is 4.29. The Morgan fingerprint density at radius 3 is 2.88 bits per heavy atom. The fourth-order valence-electron chi connectivity index (χ4n) is 2.57. The van der Waals surface area contributed by atoms with E-state index >= 15 is 0 Å². The first-order valence-corrected chi connectivity index (χ1v) is 8.67. The van der Waals surface area contributed by atoms with Crippen LogP contribution in [0.2, 0.25) is 0 Å². The second kappa shape index (κ2) is 7.70. The number of rotatable bonds is 8. The van der Waals surface area contributed by atoms with E-state index in [1.165, 1.54) is 6.26 Å². The summed E-state index contributed by atoms with van der Waals surface area (Å²) < 4.78 is 10.8. The lowest BCUT2D eigenvalue weighted by atomic mass is 10.2. The molecule has 1 aliphatic carbocycles. The van der Waals surface area contributed by atoms with Gasteiger partial charge in [-0.05, 0) is 44.4 Å². The van der Waals surface area contributed by atoms with Crippen LogP contribution in [0.15, 0.2) is 34.9 Å². The molecule has 0 saturated heterocycles. The minimum atomic E-state index is -0.151. The molecule has 0 unspecified atom stereocenters. The number of hydrogen-bond donors (Lipinski definition) is 1. The van der Waals surface area contributed by atoms with Crippen LogP contribution in [0.5, 0.6) is 5.75 Å². The zero-order chi connectivity index (χ0) is 17.8. The van der Waals surface area contributed by atoms with E-state index in [1.807, 2.05) is 18.2 Å². The molecule has 1 aromatic carbocycles. The third-order valence-corrected chi connectivity index (χ3v) is 4.29. The molecule has 0 radical (unpaired) electrons. The fourth-order valence-corrected chi connectivity index (χ4v) is 2.57. The van der Waals surface area contributed by atoms with Crippen LogP contribution >= 0.6 is 0 Å². The Balaban J connectivity index is 1.65. The molecule has 134 valence electrons. The standard InChI is InChI=1S/C19H25N3O3/c1-13(2)22(10-14-5-4-6-16(9-14)24-3)11-18-21-17(12-25-18)19(23)20-15-7-8-15/h4-6,9,12-13,15H,7-8,10-11H2,1-3H3,(H,20,23). The molecule has 1 fully saturated rings. The van der Waals surface area contributed by atoms with Crippen LogP contribution in [0.3, 0.4) is 0 Å². The molecule has 1 heterocycles. The molecule has 25 heavy (non-hydrogen) atoms. The Labute approximate surface area is 148 Å². The van der Waals surface area contributed by atoms with Crippen molar-refractivity contribution in [1.82, 2.24) is 15.2 Å². The maximum absolute atomic E-state index is 12.0. The molecule has 3 rings (SSSR count). The minimum Gasteiger partial charge on any atom is -0.497 e. The molecule has 1 aromatic heterocycles. The van der Waals surface area contributed by atoms with Crippen LogP contribution in [-0.4, -0.2) is 35.0 Å². The number of aromatic nitrogens is 1. The number of ether oxygens (including phenoxy) is 1. The number of carbonyl (C=O) groups is 1. The van der Waals surface area contributed by atoms with Crippen LogP contribution in [0.25, 0.3) is 0 Å². The number of amides is 1. The molecule has 1 N–H and O–H groups in total. The molecule has 2 aromatic rings. The van der Waals surface area contributed by atoms with Gasteiger partial charge in [-0.25, -0.2) is 4.98 Å². The van der Waals surface area contributed by atoms with Crippen molar-refractivity contribution in [3.05, 3.63) is 47.7 Å². The largest absolute Gasteiger partial charge is 0.497 e. The Morgan fingerprint density at radius 2 is 2.20 bits per heavy atom. The van der Waals surface area contributed by atoms with Gasteiger partial charge in [0.1, 0.15) is 12.0 Å². The van der Waals surface area contributed by atoms with Crippen LogP contribution in [0, 0.1) is 0 Å². The van der Waals surface area contributed by atoms with Gasteiger partial charge in [0.2, 0.25) is 5.89 Å². The summed E-state index contributed by atoms with van der Waals surface area (Å²) in [5, 5.41) is 2.92. The summed E-state index contributed by atoms with van der Waals surface area (Å²) >= 11 is 0. The molecular formula is C19H25N3O3. The van der Waals surface area contributed by atoms with Gasteiger partial charge >= 0.3 is 0 Å². The van der Waals surface area contributed by atoms with Gasteiger partial charge in [0.15, 0.2) is 5.69 Å². The van der Waals surface area contributed by atoms with Crippen LogP contribution < -0.4 is 10.1 Å². The lowest BCUT2D eigenvalue weighted by Crippen LogP contribution is -2.30. The minimum absolute atomic E-state index is 0.151. The van der Waals surface area contributed by atoms with E-state index in [1.54, 1.807) is 7.11 Å². The normalized spacial score (nSPS) is 14.1. The molecular weight excluding hydrogens is 318 g/mol. The van der Waals surface area contributed by atoms with E-state index in [2.05, 4.69) is 35.1 Å². The highest BCUT2D eigenvalue weighted by Crippen LogP contribution is 2.20. The monoisotopic (exact) mass is 343 g/mol. The molecule has 1 amide bonds. The van der Waals surface area contributed by atoms with Gasteiger partial charge in [-0.15, -0.1) is 0 Å². The fraction of sp³-hybridized carbons (Fsp3) is 0.474. The summed E-state index contributed by atoms with van der Waals surface area (Å²) in [5.74, 6) is 1.25.